The Labute approximate surface area is 89.3 Å². The van der Waals surface area contributed by atoms with E-state index in [0.717, 1.165) is 28.0 Å². The molecule has 0 amide bonds. The Morgan fingerprint density at radius 1 is 1.13 bits per heavy atom. The van der Waals surface area contributed by atoms with Crippen molar-refractivity contribution < 1.29 is 14.9 Å². The lowest BCUT2D eigenvalue weighted by atomic mass is 9.91. The summed E-state index contributed by atoms with van der Waals surface area (Å²) in [5.41, 5.74) is 3.24. The van der Waals surface area contributed by atoms with E-state index in [1.165, 1.54) is 0 Å². The van der Waals surface area contributed by atoms with Crippen molar-refractivity contribution >= 4 is 0 Å². The zero-order valence-corrected chi connectivity index (χ0v) is 9.29. The second kappa shape index (κ2) is 3.42. The Balaban J connectivity index is 2.74. The lowest BCUT2D eigenvalue weighted by Crippen LogP contribution is -2.16. The molecule has 1 unspecified atom stereocenters. The first kappa shape index (κ1) is 10.3. The average Bonchev–Trinajstić information content (AvgIpc) is 2.23. The summed E-state index contributed by atoms with van der Waals surface area (Å²) in [4.78, 5) is 0. The van der Waals surface area contributed by atoms with Gasteiger partial charge in [-0.05, 0) is 31.9 Å². The van der Waals surface area contributed by atoms with E-state index in [9.17, 15) is 10.2 Å². The summed E-state index contributed by atoms with van der Waals surface area (Å²) < 4.78 is 5.57. The number of benzene rings is 1. The fraction of sp³-hybridized carbons (Fsp3) is 0.500. The highest BCUT2D eigenvalue weighted by Crippen LogP contribution is 2.43. The van der Waals surface area contributed by atoms with Gasteiger partial charge >= 0.3 is 0 Å². The van der Waals surface area contributed by atoms with Gasteiger partial charge in [0, 0.05) is 17.5 Å². The number of aliphatic hydroxyl groups is 1. The quantitative estimate of drug-likeness (QED) is 0.686. The van der Waals surface area contributed by atoms with Gasteiger partial charge in [0.15, 0.2) is 0 Å². The zero-order chi connectivity index (χ0) is 11.2. The Morgan fingerprint density at radius 2 is 1.80 bits per heavy atom. The van der Waals surface area contributed by atoms with E-state index >= 15 is 0 Å². The maximum Gasteiger partial charge on any atom is 0.128 e. The highest BCUT2D eigenvalue weighted by atomic mass is 16.5. The molecule has 0 fully saturated rings. The van der Waals surface area contributed by atoms with Crippen LogP contribution in [-0.2, 0) is 0 Å². The van der Waals surface area contributed by atoms with Gasteiger partial charge < -0.3 is 14.9 Å². The molecule has 2 rings (SSSR count). The minimum absolute atomic E-state index is 0.274. The normalized spacial score (nSPS) is 19.6. The number of hydrogen-bond acceptors (Lipinski definition) is 3. The number of aromatic hydroxyl groups is 1. The molecule has 3 nitrogen and oxygen atoms in total. The van der Waals surface area contributed by atoms with E-state index in [2.05, 4.69) is 0 Å². The number of hydrogen-bond donors (Lipinski definition) is 2. The monoisotopic (exact) mass is 208 g/mol. The summed E-state index contributed by atoms with van der Waals surface area (Å²) in [6.45, 7) is 6.13. The van der Waals surface area contributed by atoms with Gasteiger partial charge in [-0.1, -0.05) is 0 Å². The molecule has 0 bridgehead atoms. The van der Waals surface area contributed by atoms with E-state index in [4.69, 9.17) is 4.74 Å². The summed E-state index contributed by atoms with van der Waals surface area (Å²) in [5.74, 6) is 1.03. The van der Waals surface area contributed by atoms with E-state index in [1.54, 1.807) is 0 Å². The molecule has 0 spiro atoms. The van der Waals surface area contributed by atoms with Gasteiger partial charge in [-0.15, -0.1) is 0 Å². The first-order valence-electron chi connectivity index (χ1n) is 5.17. The van der Waals surface area contributed by atoms with Gasteiger partial charge in [0.2, 0.25) is 0 Å². The van der Waals surface area contributed by atoms with Gasteiger partial charge in [0.05, 0.1) is 12.7 Å². The van der Waals surface area contributed by atoms with Crippen molar-refractivity contribution in [3.05, 3.63) is 22.3 Å². The predicted octanol–water partition coefficient (Wildman–Crippen LogP) is 2.13. The minimum atomic E-state index is -0.515. The van der Waals surface area contributed by atoms with Gasteiger partial charge in [-0.3, -0.25) is 0 Å². The molecule has 0 saturated carbocycles. The second-order valence-electron chi connectivity index (χ2n) is 4.12. The third-order valence-corrected chi connectivity index (χ3v) is 3.23. The second-order valence-corrected chi connectivity index (χ2v) is 4.12. The van der Waals surface area contributed by atoms with Gasteiger partial charge in [0.25, 0.3) is 0 Å². The molecule has 82 valence electrons. The molecule has 1 heterocycles. The number of rotatable bonds is 0. The number of aliphatic hydroxyl groups excluding tert-OH is 1. The Hall–Kier alpha value is -1.22. The lowest BCUT2D eigenvalue weighted by molar-refractivity contribution is 0.113. The molecule has 2 N–H and O–H groups in total. The Bertz CT molecular complexity index is 410. The van der Waals surface area contributed by atoms with Crippen LogP contribution >= 0.6 is 0 Å². The Kier molecular flexibility index (Phi) is 2.35. The van der Waals surface area contributed by atoms with Crippen LogP contribution in [0.3, 0.4) is 0 Å². The molecular weight excluding hydrogens is 192 g/mol. The number of ether oxygens (including phenoxy) is 1. The van der Waals surface area contributed by atoms with Crippen molar-refractivity contribution in [3.63, 3.8) is 0 Å². The molecule has 15 heavy (non-hydrogen) atoms. The first-order chi connectivity index (χ1) is 7.04. The number of phenolic OH excluding ortho intramolecular Hbond substituents is 1. The smallest absolute Gasteiger partial charge is 0.128 e. The minimum Gasteiger partial charge on any atom is -0.507 e. The molecule has 1 aliphatic rings. The van der Waals surface area contributed by atoms with E-state index in [-0.39, 0.29) is 5.75 Å². The van der Waals surface area contributed by atoms with Crippen LogP contribution in [0.15, 0.2) is 0 Å². The molecule has 0 aromatic heterocycles. The number of phenols is 1. The van der Waals surface area contributed by atoms with Crippen LogP contribution in [0.4, 0.5) is 0 Å². The van der Waals surface area contributed by atoms with Crippen molar-refractivity contribution in [2.24, 2.45) is 0 Å². The van der Waals surface area contributed by atoms with Gasteiger partial charge in [-0.2, -0.15) is 0 Å². The van der Waals surface area contributed by atoms with Crippen molar-refractivity contribution in [1.29, 1.82) is 0 Å². The summed E-state index contributed by atoms with van der Waals surface area (Å²) in [6, 6.07) is 0. The SMILES string of the molecule is Cc1c(C)c2c(c(C)c1O)C(O)CCO2. The van der Waals surface area contributed by atoms with Crippen LogP contribution in [0.5, 0.6) is 11.5 Å². The Morgan fingerprint density at radius 3 is 2.47 bits per heavy atom. The van der Waals surface area contributed by atoms with Gasteiger partial charge in [0.1, 0.15) is 11.5 Å². The van der Waals surface area contributed by atoms with Crippen LogP contribution < -0.4 is 4.74 Å². The van der Waals surface area contributed by atoms with Crippen LogP contribution in [-0.4, -0.2) is 16.8 Å². The highest BCUT2D eigenvalue weighted by molar-refractivity contribution is 5.58. The molecular formula is C12H16O3. The summed E-state index contributed by atoms with van der Waals surface area (Å²) in [6.07, 6.45) is 0.0782. The standard InChI is InChI=1S/C12H16O3/c1-6-7(2)12-10(8(3)11(6)14)9(13)4-5-15-12/h9,13-14H,4-5H2,1-3H3. The number of fused-ring (bicyclic) bond motifs is 1. The third-order valence-electron chi connectivity index (χ3n) is 3.23. The topological polar surface area (TPSA) is 49.7 Å². The summed E-state index contributed by atoms with van der Waals surface area (Å²) in [7, 11) is 0. The van der Waals surface area contributed by atoms with E-state index in [0.29, 0.717) is 13.0 Å². The molecule has 1 aromatic carbocycles. The molecule has 0 saturated heterocycles. The van der Waals surface area contributed by atoms with Crippen LogP contribution in [0, 0.1) is 20.8 Å². The van der Waals surface area contributed by atoms with Crippen molar-refractivity contribution in [3.8, 4) is 11.5 Å². The fourth-order valence-electron chi connectivity index (χ4n) is 2.13. The maximum absolute atomic E-state index is 9.89. The van der Waals surface area contributed by atoms with E-state index < -0.39 is 6.10 Å². The summed E-state index contributed by atoms with van der Waals surface area (Å²) in [5, 5.41) is 19.8. The summed E-state index contributed by atoms with van der Waals surface area (Å²) >= 11 is 0. The molecule has 1 atom stereocenters. The first-order valence-corrected chi connectivity index (χ1v) is 5.17. The van der Waals surface area contributed by atoms with Crippen LogP contribution in [0.1, 0.15) is 34.8 Å². The molecule has 0 radical (unpaired) electrons. The largest absolute Gasteiger partial charge is 0.507 e. The van der Waals surface area contributed by atoms with Crippen molar-refractivity contribution in [2.45, 2.75) is 33.3 Å². The van der Waals surface area contributed by atoms with E-state index in [1.807, 2.05) is 20.8 Å². The van der Waals surface area contributed by atoms with Crippen molar-refractivity contribution in [1.82, 2.24) is 0 Å². The molecule has 1 aliphatic heterocycles. The molecule has 0 aliphatic carbocycles. The molecule has 3 heteroatoms. The van der Waals surface area contributed by atoms with Crippen molar-refractivity contribution in [2.75, 3.05) is 6.61 Å². The maximum atomic E-state index is 9.89. The zero-order valence-electron chi connectivity index (χ0n) is 9.29. The molecule has 1 aromatic rings. The van der Waals surface area contributed by atoms with Gasteiger partial charge in [-0.25, -0.2) is 0 Å². The predicted molar refractivity (Wildman–Crippen MR) is 57.4 cm³/mol. The highest BCUT2D eigenvalue weighted by Gasteiger charge is 2.26. The lowest BCUT2D eigenvalue weighted by Gasteiger charge is -2.27. The van der Waals surface area contributed by atoms with Crippen LogP contribution in [0.2, 0.25) is 0 Å². The third kappa shape index (κ3) is 1.38. The average molecular weight is 208 g/mol. The van der Waals surface area contributed by atoms with Crippen LogP contribution in [0.25, 0.3) is 0 Å². The fourth-order valence-corrected chi connectivity index (χ4v) is 2.13.